The third kappa shape index (κ3) is 2.77. The second-order valence-corrected chi connectivity index (χ2v) is 4.75. The van der Waals surface area contributed by atoms with E-state index in [1.165, 1.54) is 20.3 Å². The normalized spacial score (nSPS) is 18.8. The van der Waals surface area contributed by atoms with Crippen LogP contribution < -0.4 is 19.7 Å². The van der Waals surface area contributed by atoms with Crippen LogP contribution in [-0.4, -0.2) is 44.8 Å². The second kappa shape index (κ2) is 5.96. The molecule has 1 aromatic carbocycles. The zero-order valence-electron chi connectivity index (χ0n) is 11.9. The number of hydrogen-bond acceptors (Lipinski definition) is 6. The van der Waals surface area contributed by atoms with Gasteiger partial charge in [-0.1, -0.05) is 0 Å². The quantitative estimate of drug-likeness (QED) is 0.664. The van der Waals surface area contributed by atoms with Gasteiger partial charge in [0, 0.05) is 31.7 Å². The number of nitrogens with zero attached hydrogens (tertiary/aromatic N) is 2. The molecule has 7 nitrogen and oxygen atoms in total. The molecule has 0 aliphatic carbocycles. The van der Waals surface area contributed by atoms with Crippen LogP contribution in [0, 0.1) is 10.1 Å². The van der Waals surface area contributed by atoms with E-state index in [1.807, 2.05) is 4.90 Å². The van der Waals surface area contributed by atoms with Crippen molar-refractivity contribution in [1.82, 2.24) is 5.32 Å². The van der Waals surface area contributed by atoms with E-state index in [0.717, 1.165) is 19.6 Å². The number of nitro benzene ring substituents is 1. The van der Waals surface area contributed by atoms with Gasteiger partial charge in [0.1, 0.15) is 5.69 Å². The van der Waals surface area contributed by atoms with Crippen LogP contribution in [0.2, 0.25) is 0 Å². The lowest BCUT2D eigenvalue weighted by Gasteiger charge is -2.33. The first-order chi connectivity index (χ1) is 9.56. The van der Waals surface area contributed by atoms with Crippen molar-refractivity contribution in [3.8, 4) is 11.5 Å². The monoisotopic (exact) mass is 281 g/mol. The van der Waals surface area contributed by atoms with E-state index in [9.17, 15) is 10.1 Å². The zero-order valence-corrected chi connectivity index (χ0v) is 11.9. The highest BCUT2D eigenvalue weighted by Crippen LogP contribution is 2.39. The molecule has 1 aliphatic rings. The van der Waals surface area contributed by atoms with Crippen LogP contribution in [0.15, 0.2) is 12.1 Å². The van der Waals surface area contributed by atoms with Gasteiger partial charge in [-0.3, -0.25) is 10.1 Å². The Kier molecular flexibility index (Phi) is 4.29. The summed E-state index contributed by atoms with van der Waals surface area (Å²) < 4.78 is 10.4. The number of nitro groups is 1. The van der Waals surface area contributed by atoms with Crippen LogP contribution in [0.5, 0.6) is 11.5 Å². The summed E-state index contributed by atoms with van der Waals surface area (Å²) in [5, 5.41) is 14.6. The number of nitrogens with one attached hydrogen (secondary N) is 1. The number of hydrogen-bond donors (Lipinski definition) is 1. The third-order valence-corrected chi connectivity index (χ3v) is 3.39. The Bertz CT molecular complexity index is 507. The zero-order chi connectivity index (χ0) is 14.7. The van der Waals surface area contributed by atoms with Crippen molar-refractivity contribution in [2.45, 2.75) is 13.0 Å². The molecule has 1 fully saturated rings. The smallest absolute Gasteiger partial charge is 0.296 e. The van der Waals surface area contributed by atoms with E-state index in [1.54, 1.807) is 6.07 Å². The van der Waals surface area contributed by atoms with Gasteiger partial charge in [-0.15, -0.1) is 0 Å². The third-order valence-electron chi connectivity index (χ3n) is 3.39. The summed E-state index contributed by atoms with van der Waals surface area (Å²) in [5.74, 6) is 0.866. The maximum absolute atomic E-state index is 11.3. The molecule has 110 valence electrons. The molecule has 0 radical (unpaired) electrons. The summed E-state index contributed by atoms with van der Waals surface area (Å²) in [6, 6.07) is 3.38. The Morgan fingerprint density at radius 3 is 2.55 bits per heavy atom. The lowest BCUT2D eigenvalue weighted by atomic mass is 10.1. The van der Waals surface area contributed by atoms with Gasteiger partial charge in [-0.2, -0.15) is 0 Å². The first-order valence-electron chi connectivity index (χ1n) is 6.45. The predicted molar refractivity (Wildman–Crippen MR) is 75.9 cm³/mol. The molecule has 0 aromatic heterocycles. The molecule has 0 amide bonds. The van der Waals surface area contributed by atoms with Gasteiger partial charge >= 0.3 is 0 Å². The van der Waals surface area contributed by atoms with Crippen molar-refractivity contribution in [2.75, 3.05) is 38.8 Å². The van der Waals surface area contributed by atoms with Gasteiger partial charge in [0.15, 0.2) is 11.5 Å². The molecule has 1 N–H and O–H groups in total. The van der Waals surface area contributed by atoms with Gasteiger partial charge in [-0.05, 0) is 6.92 Å². The maximum Gasteiger partial charge on any atom is 0.296 e. The first kappa shape index (κ1) is 14.4. The molecule has 0 saturated carbocycles. The number of ether oxygens (including phenoxy) is 2. The topological polar surface area (TPSA) is 76.9 Å². The molecule has 1 atom stereocenters. The molecule has 1 aromatic rings. The summed E-state index contributed by atoms with van der Waals surface area (Å²) in [6.45, 7) is 4.29. The molecule has 20 heavy (non-hydrogen) atoms. The van der Waals surface area contributed by atoms with E-state index in [0.29, 0.717) is 17.2 Å². The van der Waals surface area contributed by atoms with Crippen molar-refractivity contribution in [3.05, 3.63) is 22.2 Å². The minimum atomic E-state index is -0.385. The molecule has 0 unspecified atom stereocenters. The van der Waals surface area contributed by atoms with E-state index < -0.39 is 0 Å². The highest BCUT2D eigenvalue weighted by atomic mass is 16.6. The van der Waals surface area contributed by atoms with Crippen molar-refractivity contribution in [1.29, 1.82) is 0 Å². The standard InChI is InChI=1S/C13H19N3O4/c1-9-8-15(5-4-14-9)10-6-12(19-2)13(20-3)7-11(10)16(17)18/h6-7,9,14H,4-5,8H2,1-3H3/t9-/m1/s1. The average Bonchev–Trinajstić information content (AvgIpc) is 2.45. The molecular weight excluding hydrogens is 262 g/mol. The Balaban J connectivity index is 2.46. The van der Waals surface area contributed by atoms with Crippen molar-refractivity contribution >= 4 is 11.4 Å². The van der Waals surface area contributed by atoms with E-state index in [-0.39, 0.29) is 16.7 Å². The van der Waals surface area contributed by atoms with E-state index >= 15 is 0 Å². The van der Waals surface area contributed by atoms with E-state index in [4.69, 9.17) is 9.47 Å². The van der Waals surface area contributed by atoms with Crippen molar-refractivity contribution in [3.63, 3.8) is 0 Å². The molecule has 1 saturated heterocycles. The lowest BCUT2D eigenvalue weighted by molar-refractivity contribution is -0.384. The maximum atomic E-state index is 11.3. The highest BCUT2D eigenvalue weighted by Gasteiger charge is 2.26. The van der Waals surface area contributed by atoms with Crippen LogP contribution in [-0.2, 0) is 0 Å². The van der Waals surface area contributed by atoms with Gasteiger partial charge in [0.05, 0.1) is 25.2 Å². The number of anilines is 1. The minimum Gasteiger partial charge on any atom is -0.493 e. The minimum absolute atomic E-state index is 0.0387. The average molecular weight is 281 g/mol. The predicted octanol–water partition coefficient (Wildman–Crippen LogP) is 1.41. The van der Waals surface area contributed by atoms with Crippen LogP contribution >= 0.6 is 0 Å². The summed E-state index contributed by atoms with van der Waals surface area (Å²) in [6.07, 6.45) is 0. The summed E-state index contributed by atoms with van der Waals surface area (Å²) in [5.41, 5.74) is 0.609. The summed E-state index contributed by atoms with van der Waals surface area (Å²) in [4.78, 5) is 12.9. The molecule has 1 aliphatic heterocycles. The van der Waals surface area contributed by atoms with E-state index in [2.05, 4.69) is 12.2 Å². The van der Waals surface area contributed by atoms with Crippen LogP contribution in [0.1, 0.15) is 6.92 Å². The van der Waals surface area contributed by atoms with Crippen LogP contribution in [0.25, 0.3) is 0 Å². The Morgan fingerprint density at radius 1 is 1.35 bits per heavy atom. The fourth-order valence-corrected chi connectivity index (χ4v) is 2.41. The van der Waals surface area contributed by atoms with Gasteiger partial charge in [0.2, 0.25) is 0 Å². The fourth-order valence-electron chi connectivity index (χ4n) is 2.41. The van der Waals surface area contributed by atoms with Crippen molar-refractivity contribution in [2.24, 2.45) is 0 Å². The second-order valence-electron chi connectivity index (χ2n) is 4.75. The molecule has 2 rings (SSSR count). The molecule has 0 bridgehead atoms. The Labute approximate surface area is 117 Å². The number of methoxy groups -OCH3 is 2. The number of benzene rings is 1. The summed E-state index contributed by atoms with van der Waals surface area (Å²) >= 11 is 0. The van der Waals surface area contributed by atoms with Gasteiger partial charge in [-0.25, -0.2) is 0 Å². The number of piperazine rings is 1. The SMILES string of the molecule is COc1cc(N2CCN[C@H](C)C2)c([N+](=O)[O-])cc1OC. The fraction of sp³-hybridized carbons (Fsp3) is 0.538. The molecule has 7 heteroatoms. The van der Waals surface area contributed by atoms with Gasteiger partial charge in [0.25, 0.3) is 5.69 Å². The van der Waals surface area contributed by atoms with Crippen molar-refractivity contribution < 1.29 is 14.4 Å². The number of rotatable bonds is 4. The first-order valence-corrected chi connectivity index (χ1v) is 6.45. The van der Waals surface area contributed by atoms with Crippen LogP contribution in [0.3, 0.4) is 0 Å². The lowest BCUT2D eigenvalue weighted by Crippen LogP contribution is -2.49. The Hall–Kier alpha value is -2.02. The highest BCUT2D eigenvalue weighted by molar-refractivity contribution is 5.70. The molecule has 1 heterocycles. The van der Waals surface area contributed by atoms with Gasteiger partial charge < -0.3 is 19.7 Å². The van der Waals surface area contributed by atoms with Crippen LogP contribution in [0.4, 0.5) is 11.4 Å². The largest absolute Gasteiger partial charge is 0.493 e. The molecule has 0 spiro atoms. The Morgan fingerprint density at radius 2 is 2.00 bits per heavy atom. The summed E-state index contributed by atoms with van der Waals surface area (Å²) in [7, 11) is 2.99. The molecular formula is C13H19N3O4.